The van der Waals surface area contributed by atoms with E-state index in [1.165, 1.54) is 0 Å². The highest BCUT2D eigenvalue weighted by Crippen LogP contribution is 2.26. The van der Waals surface area contributed by atoms with Crippen LogP contribution in [0.5, 0.6) is 5.75 Å². The molecule has 1 aromatic heterocycles. The Morgan fingerprint density at radius 3 is 2.48 bits per heavy atom. The first-order valence-electron chi connectivity index (χ1n) is 6.97. The summed E-state index contributed by atoms with van der Waals surface area (Å²) in [6.07, 6.45) is 0. The highest BCUT2D eigenvalue weighted by molar-refractivity contribution is 5.78. The Bertz CT molecular complexity index is 773. The standard InChI is InChI=1S/C18H18N2O/c1-12-9-15(19)10-13(2)18(12)21-11-16-8-7-14-5-3-4-6-17(14)20-16/h3-10H,11,19H2,1-2H3. The van der Waals surface area contributed by atoms with Crippen molar-refractivity contribution in [3.05, 3.63) is 65.4 Å². The van der Waals surface area contributed by atoms with E-state index in [1.807, 2.05) is 50.2 Å². The van der Waals surface area contributed by atoms with E-state index in [2.05, 4.69) is 17.1 Å². The largest absolute Gasteiger partial charge is 0.487 e. The van der Waals surface area contributed by atoms with Gasteiger partial charge >= 0.3 is 0 Å². The third kappa shape index (κ3) is 2.82. The summed E-state index contributed by atoms with van der Waals surface area (Å²) in [5.41, 5.74) is 10.6. The number of fused-ring (bicyclic) bond motifs is 1. The summed E-state index contributed by atoms with van der Waals surface area (Å²) in [4.78, 5) is 4.62. The van der Waals surface area contributed by atoms with Gasteiger partial charge in [-0.15, -0.1) is 0 Å². The Morgan fingerprint density at radius 2 is 1.71 bits per heavy atom. The second-order valence-corrected chi connectivity index (χ2v) is 5.27. The number of para-hydroxylation sites is 1. The average molecular weight is 278 g/mol. The summed E-state index contributed by atoms with van der Waals surface area (Å²) >= 11 is 0. The van der Waals surface area contributed by atoms with E-state index >= 15 is 0 Å². The molecule has 0 fully saturated rings. The fourth-order valence-corrected chi connectivity index (χ4v) is 2.55. The molecule has 2 N–H and O–H groups in total. The number of hydrogen-bond acceptors (Lipinski definition) is 3. The van der Waals surface area contributed by atoms with Crippen molar-refractivity contribution >= 4 is 16.6 Å². The van der Waals surface area contributed by atoms with Crippen LogP contribution in [0.3, 0.4) is 0 Å². The van der Waals surface area contributed by atoms with Gasteiger partial charge in [0.25, 0.3) is 0 Å². The van der Waals surface area contributed by atoms with Crippen LogP contribution >= 0.6 is 0 Å². The van der Waals surface area contributed by atoms with Crippen LogP contribution in [0.1, 0.15) is 16.8 Å². The van der Waals surface area contributed by atoms with Crippen LogP contribution in [0.25, 0.3) is 10.9 Å². The van der Waals surface area contributed by atoms with E-state index < -0.39 is 0 Å². The molecule has 0 atom stereocenters. The van der Waals surface area contributed by atoms with Crippen molar-refractivity contribution in [3.8, 4) is 5.75 Å². The molecule has 0 aliphatic heterocycles. The molecule has 0 saturated heterocycles. The lowest BCUT2D eigenvalue weighted by Crippen LogP contribution is -2.02. The number of nitrogens with two attached hydrogens (primary N) is 1. The lowest BCUT2D eigenvalue weighted by Gasteiger charge is -2.13. The first kappa shape index (κ1) is 13.4. The van der Waals surface area contributed by atoms with E-state index in [1.54, 1.807) is 0 Å². The quantitative estimate of drug-likeness (QED) is 0.736. The molecule has 0 unspecified atom stereocenters. The SMILES string of the molecule is Cc1cc(N)cc(C)c1OCc1ccc2ccccc2n1. The molecule has 1 heterocycles. The van der Waals surface area contributed by atoms with Crippen LogP contribution in [-0.4, -0.2) is 4.98 Å². The Labute approximate surface area is 124 Å². The number of anilines is 1. The van der Waals surface area contributed by atoms with Crippen LogP contribution in [0.2, 0.25) is 0 Å². The van der Waals surface area contributed by atoms with E-state index in [0.29, 0.717) is 6.61 Å². The van der Waals surface area contributed by atoms with Crippen LogP contribution in [0, 0.1) is 13.8 Å². The van der Waals surface area contributed by atoms with Gasteiger partial charge in [-0.05, 0) is 49.2 Å². The van der Waals surface area contributed by atoms with Crippen LogP contribution in [0.15, 0.2) is 48.5 Å². The monoisotopic (exact) mass is 278 g/mol. The summed E-state index contributed by atoms with van der Waals surface area (Å²) in [5.74, 6) is 0.888. The molecular formula is C18H18N2O. The van der Waals surface area contributed by atoms with Gasteiger partial charge in [0.05, 0.1) is 11.2 Å². The van der Waals surface area contributed by atoms with E-state index in [4.69, 9.17) is 10.5 Å². The zero-order valence-electron chi connectivity index (χ0n) is 12.3. The van der Waals surface area contributed by atoms with Crippen molar-refractivity contribution in [2.75, 3.05) is 5.73 Å². The number of hydrogen-bond donors (Lipinski definition) is 1. The predicted octanol–water partition coefficient (Wildman–Crippen LogP) is 4.01. The van der Waals surface area contributed by atoms with Crippen molar-refractivity contribution in [1.29, 1.82) is 0 Å². The average Bonchev–Trinajstić information content (AvgIpc) is 2.46. The Hall–Kier alpha value is -2.55. The topological polar surface area (TPSA) is 48.1 Å². The first-order chi connectivity index (χ1) is 10.1. The summed E-state index contributed by atoms with van der Waals surface area (Å²) in [5, 5.41) is 1.14. The number of ether oxygens (including phenoxy) is 1. The molecule has 106 valence electrons. The Kier molecular flexibility index (Phi) is 3.48. The fraction of sp³-hybridized carbons (Fsp3) is 0.167. The number of aryl methyl sites for hydroxylation is 2. The van der Waals surface area contributed by atoms with Crippen molar-refractivity contribution in [3.63, 3.8) is 0 Å². The Balaban J connectivity index is 1.83. The molecule has 0 radical (unpaired) electrons. The van der Waals surface area contributed by atoms with Gasteiger partial charge in [0, 0.05) is 11.1 Å². The second kappa shape index (κ2) is 5.44. The maximum Gasteiger partial charge on any atom is 0.130 e. The predicted molar refractivity (Wildman–Crippen MR) is 86.4 cm³/mol. The molecule has 2 aromatic carbocycles. The maximum absolute atomic E-state index is 5.94. The maximum atomic E-state index is 5.94. The molecular weight excluding hydrogens is 260 g/mol. The van der Waals surface area contributed by atoms with E-state index in [0.717, 1.165) is 39.2 Å². The van der Waals surface area contributed by atoms with Gasteiger partial charge < -0.3 is 10.5 Å². The molecule has 0 aliphatic rings. The summed E-state index contributed by atoms with van der Waals surface area (Å²) in [6.45, 7) is 4.47. The number of nitrogen functional groups attached to an aromatic ring is 1. The number of pyridine rings is 1. The molecule has 0 saturated carbocycles. The van der Waals surface area contributed by atoms with E-state index in [-0.39, 0.29) is 0 Å². The van der Waals surface area contributed by atoms with Gasteiger partial charge in [-0.25, -0.2) is 4.98 Å². The van der Waals surface area contributed by atoms with Gasteiger partial charge in [-0.1, -0.05) is 24.3 Å². The van der Waals surface area contributed by atoms with Gasteiger partial charge in [-0.2, -0.15) is 0 Å². The van der Waals surface area contributed by atoms with Crippen LogP contribution in [0.4, 0.5) is 5.69 Å². The minimum Gasteiger partial charge on any atom is -0.487 e. The zero-order chi connectivity index (χ0) is 14.8. The molecule has 3 nitrogen and oxygen atoms in total. The number of rotatable bonds is 3. The number of benzene rings is 2. The molecule has 0 spiro atoms. The third-order valence-corrected chi connectivity index (χ3v) is 3.50. The summed E-state index contributed by atoms with van der Waals surface area (Å²) in [6, 6.07) is 16.0. The molecule has 3 heteroatoms. The molecule has 0 bridgehead atoms. The molecule has 3 rings (SSSR count). The Morgan fingerprint density at radius 1 is 1.00 bits per heavy atom. The van der Waals surface area contributed by atoms with Crippen LogP contribution < -0.4 is 10.5 Å². The van der Waals surface area contributed by atoms with E-state index in [9.17, 15) is 0 Å². The first-order valence-corrected chi connectivity index (χ1v) is 6.97. The number of nitrogens with zero attached hydrogens (tertiary/aromatic N) is 1. The molecule has 0 aliphatic carbocycles. The highest BCUT2D eigenvalue weighted by atomic mass is 16.5. The summed E-state index contributed by atoms with van der Waals surface area (Å²) < 4.78 is 5.94. The second-order valence-electron chi connectivity index (χ2n) is 5.27. The van der Waals surface area contributed by atoms with Crippen molar-refractivity contribution < 1.29 is 4.74 Å². The zero-order valence-corrected chi connectivity index (χ0v) is 12.3. The van der Waals surface area contributed by atoms with Gasteiger partial charge in [0.15, 0.2) is 0 Å². The van der Waals surface area contributed by atoms with Gasteiger partial charge in [0.2, 0.25) is 0 Å². The van der Waals surface area contributed by atoms with Crippen molar-refractivity contribution in [2.45, 2.75) is 20.5 Å². The number of aromatic nitrogens is 1. The van der Waals surface area contributed by atoms with Crippen molar-refractivity contribution in [1.82, 2.24) is 4.98 Å². The minimum absolute atomic E-state index is 0.455. The molecule has 0 amide bonds. The normalized spacial score (nSPS) is 10.8. The van der Waals surface area contributed by atoms with Crippen molar-refractivity contribution in [2.24, 2.45) is 0 Å². The smallest absolute Gasteiger partial charge is 0.130 e. The lowest BCUT2D eigenvalue weighted by molar-refractivity contribution is 0.297. The third-order valence-electron chi connectivity index (χ3n) is 3.50. The van der Waals surface area contributed by atoms with Gasteiger partial charge in [0.1, 0.15) is 12.4 Å². The van der Waals surface area contributed by atoms with Gasteiger partial charge in [-0.3, -0.25) is 0 Å². The highest BCUT2D eigenvalue weighted by Gasteiger charge is 2.06. The van der Waals surface area contributed by atoms with Crippen LogP contribution in [-0.2, 0) is 6.61 Å². The molecule has 21 heavy (non-hydrogen) atoms. The lowest BCUT2D eigenvalue weighted by atomic mass is 10.1. The summed E-state index contributed by atoms with van der Waals surface area (Å²) in [7, 11) is 0. The fourth-order valence-electron chi connectivity index (χ4n) is 2.55. The minimum atomic E-state index is 0.455. The molecule has 3 aromatic rings.